The fraction of sp³-hybridized carbons (Fsp3) is 0.0588. The van der Waals surface area contributed by atoms with Gasteiger partial charge in [0.1, 0.15) is 18.6 Å². The zero-order chi connectivity index (χ0) is 18.6. The summed E-state index contributed by atoms with van der Waals surface area (Å²) in [6.07, 6.45) is 2.09. The van der Waals surface area contributed by atoms with Gasteiger partial charge in [-0.05, 0) is 30.3 Å². The number of hydrogen-bond acceptors (Lipinski definition) is 6. The molecular formula is C17H13ClN2O5S. The van der Waals surface area contributed by atoms with Crippen LogP contribution in [0.5, 0.6) is 5.75 Å². The molecule has 7 nitrogen and oxygen atoms in total. The Morgan fingerprint density at radius 3 is 2.54 bits per heavy atom. The fourth-order valence-electron chi connectivity index (χ4n) is 2.05. The second kappa shape index (κ2) is 7.59. The molecule has 0 fully saturated rings. The third-order valence-electron chi connectivity index (χ3n) is 3.38. The van der Waals surface area contributed by atoms with Gasteiger partial charge in [-0.3, -0.25) is 4.79 Å². The van der Waals surface area contributed by atoms with Crippen molar-refractivity contribution in [3.63, 3.8) is 0 Å². The van der Waals surface area contributed by atoms with Gasteiger partial charge in [0.25, 0.3) is 15.9 Å². The van der Waals surface area contributed by atoms with Crippen LogP contribution in [0.25, 0.3) is 0 Å². The van der Waals surface area contributed by atoms with Gasteiger partial charge < -0.3 is 9.15 Å². The molecule has 1 amide bonds. The Morgan fingerprint density at radius 1 is 1.15 bits per heavy atom. The highest BCUT2D eigenvalue weighted by molar-refractivity contribution is 7.90. The van der Waals surface area contributed by atoms with E-state index >= 15 is 0 Å². The molecule has 0 saturated heterocycles. The van der Waals surface area contributed by atoms with Crippen molar-refractivity contribution in [2.75, 3.05) is 0 Å². The van der Waals surface area contributed by atoms with Crippen LogP contribution in [0.2, 0.25) is 5.02 Å². The summed E-state index contributed by atoms with van der Waals surface area (Å²) < 4.78 is 36.6. The first-order valence-corrected chi connectivity index (χ1v) is 9.23. The number of oxazole rings is 1. The zero-order valence-electron chi connectivity index (χ0n) is 13.3. The molecule has 0 aliphatic carbocycles. The smallest absolute Gasteiger partial charge is 0.286 e. The number of nitrogens with zero attached hydrogens (tertiary/aromatic N) is 1. The third-order valence-corrected chi connectivity index (χ3v) is 5.09. The minimum Gasteiger partial charge on any atom is -0.489 e. The second-order valence-corrected chi connectivity index (χ2v) is 7.25. The van der Waals surface area contributed by atoms with Crippen LogP contribution in [-0.2, 0) is 16.6 Å². The van der Waals surface area contributed by atoms with E-state index in [0.717, 1.165) is 18.2 Å². The monoisotopic (exact) mass is 392 g/mol. The standard InChI is InChI=1S/C17H13ClN2O5S/c18-15-4-2-1-3-12(15)9-25-13-5-7-14(8-6-13)26(22,23)20-17(21)16-10-24-11-19-16/h1-8,10-11H,9H2,(H,20,21). The first-order chi connectivity index (χ1) is 12.5. The minimum atomic E-state index is -4.03. The van der Waals surface area contributed by atoms with E-state index < -0.39 is 15.9 Å². The van der Waals surface area contributed by atoms with Gasteiger partial charge in [0.15, 0.2) is 12.1 Å². The Bertz CT molecular complexity index is 1000. The number of aromatic nitrogens is 1. The maximum atomic E-state index is 12.2. The molecule has 26 heavy (non-hydrogen) atoms. The highest BCUT2D eigenvalue weighted by Gasteiger charge is 2.20. The third kappa shape index (κ3) is 4.22. The van der Waals surface area contributed by atoms with Crippen molar-refractivity contribution >= 4 is 27.5 Å². The molecule has 0 radical (unpaired) electrons. The molecule has 0 unspecified atom stereocenters. The molecule has 1 aromatic heterocycles. The van der Waals surface area contributed by atoms with Crippen molar-refractivity contribution in [3.8, 4) is 5.75 Å². The Labute approximate surface area is 154 Å². The summed E-state index contributed by atoms with van der Waals surface area (Å²) in [7, 11) is -4.03. The molecule has 0 bridgehead atoms. The number of hydrogen-bond donors (Lipinski definition) is 1. The number of amides is 1. The number of nitrogens with one attached hydrogen (secondary N) is 1. The summed E-state index contributed by atoms with van der Waals surface area (Å²) in [6.45, 7) is 0.245. The van der Waals surface area contributed by atoms with Crippen LogP contribution >= 0.6 is 11.6 Å². The first kappa shape index (κ1) is 18.0. The molecule has 1 heterocycles. The van der Waals surface area contributed by atoms with Crippen LogP contribution in [-0.4, -0.2) is 19.3 Å². The molecule has 3 aromatic rings. The molecule has 0 aliphatic rings. The molecule has 2 aromatic carbocycles. The Kier molecular flexibility index (Phi) is 5.24. The predicted octanol–water partition coefficient (Wildman–Crippen LogP) is 3.03. The SMILES string of the molecule is O=C(NS(=O)(=O)c1ccc(OCc2ccccc2Cl)cc1)c1cocn1. The molecule has 0 aliphatic heterocycles. The van der Waals surface area contributed by atoms with Crippen LogP contribution in [0.15, 0.2) is 70.5 Å². The Balaban J connectivity index is 1.66. The number of carbonyl (C=O) groups excluding carboxylic acids is 1. The maximum absolute atomic E-state index is 12.2. The minimum absolute atomic E-state index is 0.0839. The molecule has 134 valence electrons. The van der Waals surface area contributed by atoms with E-state index in [2.05, 4.69) is 9.40 Å². The lowest BCUT2D eigenvalue weighted by Crippen LogP contribution is -2.30. The summed E-state index contributed by atoms with van der Waals surface area (Å²) in [5.74, 6) is -0.413. The van der Waals surface area contributed by atoms with E-state index in [9.17, 15) is 13.2 Å². The largest absolute Gasteiger partial charge is 0.489 e. The normalized spacial score (nSPS) is 11.1. The van der Waals surface area contributed by atoms with Crippen molar-refractivity contribution in [2.24, 2.45) is 0 Å². The Hall–Kier alpha value is -2.84. The van der Waals surface area contributed by atoms with Gasteiger partial charge in [-0.25, -0.2) is 18.1 Å². The quantitative estimate of drug-likeness (QED) is 0.692. The summed E-state index contributed by atoms with van der Waals surface area (Å²) in [5.41, 5.74) is 0.680. The van der Waals surface area contributed by atoms with Crippen molar-refractivity contribution in [1.82, 2.24) is 9.71 Å². The van der Waals surface area contributed by atoms with E-state index in [0.29, 0.717) is 10.8 Å². The van der Waals surface area contributed by atoms with Gasteiger partial charge in [-0.15, -0.1) is 0 Å². The van der Waals surface area contributed by atoms with Crippen LogP contribution in [0.3, 0.4) is 0 Å². The second-order valence-electron chi connectivity index (χ2n) is 5.16. The predicted molar refractivity (Wildman–Crippen MR) is 93.4 cm³/mol. The number of halogens is 1. The number of sulfonamides is 1. The van der Waals surface area contributed by atoms with Crippen LogP contribution < -0.4 is 9.46 Å². The maximum Gasteiger partial charge on any atom is 0.286 e. The average molecular weight is 393 g/mol. The van der Waals surface area contributed by atoms with E-state index in [-0.39, 0.29) is 17.2 Å². The summed E-state index contributed by atoms with van der Waals surface area (Å²) >= 11 is 6.05. The van der Waals surface area contributed by atoms with E-state index in [1.807, 2.05) is 22.9 Å². The lowest BCUT2D eigenvalue weighted by atomic mass is 10.2. The first-order valence-electron chi connectivity index (χ1n) is 7.37. The highest BCUT2D eigenvalue weighted by atomic mass is 35.5. The summed E-state index contributed by atoms with van der Waals surface area (Å²) in [5, 5.41) is 0.585. The number of rotatable bonds is 6. The van der Waals surface area contributed by atoms with Crippen molar-refractivity contribution < 1.29 is 22.4 Å². The van der Waals surface area contributed by atoms with Gasteiger partial charge in [0.2, 0.25) is 0 Å². The zero-order valence-corrected chi connectivity index (χ0v) is 14.8. The van der Waals surface area contributed by atoms with Gasteiger partial charge >= 0.3 is 0 Å². The van der Waals surface area contributed by atoms with Gasteiger partial charge in [-0.2, -0.15) is 0 Å². The number of carbonyl (C=O) groups is 1. The summed E-state index contributed by atoms with van der Waals surface area (Å²) in [4.78, 5) is 15.3. The topological polar surface area (TPSA) is 98.5 Å². The number of benzene rings is 2. The van der Waals surface area contributed by atoms with Crippen LogP contribution in [0.4, 0.5) is 0 Å². The van der Waals surface area contributed by atoms with Crippen molar-refractivity contribution in [1.29, 1.82) is 0 Å². The molecular weight excluding hydrogens is 380 g/mol. The van der Waals surface area contributed by atoms with E-state index in [1.165, 1.54) is 24.3 Å². The summed E-state index contributed by atoms with van der Waals surface area (Å²) in [6, 6.07) is 12.9. The van der Waals surface area contributed by atoms with Gasteiger partial charge in [0, 0.05) is 10.6 Å². The lowest BCUT2D eigenvalue weighted by molar-refractivity contribution is 0.0976. The van der Waals surface area contributed by atoms with Crippen molar-refractivity contribution in [3.05, 3.63) is 77.5 Å². The molecule has 3 rings (SSSR count). The number of ether oxygens (including phenoxy) is 1. The van der Waals surface area contributed by atoms with E-state index in [1.54, 1.807) is 6.07 Å². The van der Waals surface area contributed by atoms with Gasteiger partial charge in [-0.1, -0.05) is 29.8 Å². The molecule has 1 N–H and O–H groups in total. The van der Waals surface area contributed by atoms with Gasteiger partial charge in [0.05, 0.1) is 4.90 Å². The molecule has 0 spiro atoms. The average Bonchev–Trinajstić information content (AvgIpc) is 3.16. The van der Waals surface area contributed by atoms with E-state index in [4.69, 9.17) is 16.3 Å². The fourth-order valence-corrected chi connectivity index (χ4v) is 3.20. The Morgan fingerprint density at radius 2 is 1.88 bits per heavy atom. The van der Waals surface area contributed by atoms with Crippen LogP contribution in [0.1, 0.15) is 16.1 Å². The lowest BCUT2D eigenvalue weighted by Gasteiger charge is -2.09. The highest BCUT2D eigenvalue weighted by Crippen LogP contribution is 2.20. The molecule has 9 heteroatoms. The molecule has 0 atom stereocenters. The molecule has 0 saturated carbocycles. The van der Waals surface area contributed by atoms with Crippen LogP contribution in [0, 0.1) is 0 Å². The van der Waals surface area contributed by atoms with Crippen molar-refractivity contribution in [2.45, 2.75) is 11.5 Å².